The van der Waals surface area contributed by atoms with Crippen molar-refractivity contribution < 1.29 is 19.4 Å². The van der Waals surface area contributed by atoms with Crippen molar-refractivity contribution in [1.82, 2.24) is 5.32 Å². The van der Waals surface area contributed by atoms with Crippen LogP contribution >= 0.6 is 0 Å². The van der Waals surface area contributed by atoms with Crippen LogP contribution in [0.3, 0.4) is 0 Å². The van der Waals surface area contributed by atoms with Crippen molar-refractivity contribution in [2.24, 2.45) is 5.92 Å². The Morgan fingerprint density at radius 3 is 2.58 bits per heavy atom. The van der Waals surface area contributed by atoms with Crippen LogP contribution in [0.4, 0.5) is 0 Å². The van der Waals surface area contributed by atoms with E-state index in [1.165, 1.54) is 0 Å². The summed E-state index contributed by atoms with van der Waals surface area (Å²) in [4.78, 5) is 22.9. The molecule has 1 rings (SSSR count). The average Bonchev–Trinajstić information content (AvgIpc) is 2.28. The minimum absolute atomic E-state index is 0.0185. The molecule has 5 nitrogen and oxygen atoms in total. The zero-order valence-electron chi connectivity index (χ0n) is 12.1. The fourth-order valence-electron chi connectivity index (χ4n) is 2.25. The van der Waals surface area contributed by atoms with Gasteiger partial charge in [-0.1, -0.05) is 13.8 Å². The number of hydrogen-bond acceptors (Lipinski definition) is 3. The summed E-state index contributed by atoms with van der Waals surface area (Å²) < 4.78 is 5.53. The third-order valence-corrected chi connectivity index (χ3v) is 3.90. The molecule has 2 unspecified atom stereocenters. The molecule has 1 saturated heterocycles. The molecule has 0 radical (unpaired) electrons. The van der Waals surface area contributed by atoms with E-state index in [1.807, 2.05) is 13.8 Å². The molecule has 1 aliphatic heterocycles. The van der Waals surface area contributed by atoms with Gasteiger partial charge in [0.15, 0.2) is 0 Å². The SMILES string of the molecule is CC(C)C(C)(CC(=O)O)NC(=O)CC1CCCCO1. The molecule has 1 amide bonds. The summed E-state index contributed by atoms with van der Waals surface area (Å²) in [5, 5.41) is 11.8. The Balaban J connectivity index is 2.53. The number of ether oxygens (including phenoxy) is 1. The van der Waals surface area contributed by atoms with Crippen LogP contribution in [0.1, 0.15) is 52.9 Å². The second-order valence-corrected chi connectivity index (χ2v) is 5.88. The molecule has 0 spiro atoms. The van der Waals surface area contributed by atoms with Gasteiger partial charge >= 0.3 is 5.97 Å². The number of carboxylic acids is 1. The van der Waals surface area contributed by atoms with E-state index in [-0.39, 0.29) is 24.3 Å². The Hall–Kier alpha value is -1.10. The maximum atomic E-state index is 12.0. The predicted octanol–water partition coefficient (Wildman–Crippen LogP) is 1.95. The van der Waals surface area contributed by atoms with Crippen molar-refractivity contribution in [2.45, 2.75) is 64.5 Å². The Bertz CT molecular complexity index is 323. The smallest absolute Gasteiger partial charge is 0.305 e. The van der Waals surface area contributed by atoms with Gasteiger partial charge in [-0.25, -0.2) is 0 Å². The third-order valence-electron chi connectivity index (χ3n) is 3.90. The first-order chi connectivity index (χ1) is 8.83. The van der Waals surface area contributed by atoms with Crippen molar-refractivity contribution >= 4 is 11.9 Å². The molecule has 0 aliphatic carbocycles. The van der Waals surface area contributed by atoms with Crippen LogP contribution in [0.15, 0.2) is 0 Å². The molecule has 1 aliphatic rings. The molecule has 2 atom stereocenters. The first-order valence-corrected chi connectivity index (χ1v) is 6.98. The highest BCUT2D eigenvalue weighted by molar-refractivity contribution is 5.78. The number of amides is 1. The summed E-state index contributed by atoms with van der Waals surface area (Å²) in [6.45, 7) is 6.33. The van der Waals surface area contributed by atoms with Crippen LogP contribution < -0.4 is 5.32 Å². The summed E-state index contributed by atoms with van der Waals surface area (Å²) in [5.41, 5.74) is -0.711. The molecule has 110 valence electrons. The molecule has 0 bridgehead atoms. The molecular weight excluding hydrogens is 246 g/mol. The number of nitrogens with one attached hydrogen (secondary N) is 1. The van der Waals surface area contributed by atoms with E-state index in [2.05, 4.69) is 5.32 Å². The highest BCUT2D eigenvalue weighted by atomic mass is 16.5. The van der Waals surface area contributed by atoms with Crippen LogP contribution in [0.25, 0.3) is 0 Å². The summed E-state index contributed by atoms with van der Waals surface area (Å²) in [6.07, 6.45) is 3.29. The van der Waals surface area contributed by atoms with Crippen molar-refractivity contribution in [3.63, 3.8) is 0 Å². The van der Waals surface area contributed by atoms with E-state index in [0.29, 0.717) is 13.0 Å². The van der Waals surface area contributed by atoms with E-state index in [1.54, 1.807) is 6.92 Å². The van der Waals surface area contributed by atoms with Crippen molar-refractivity contribution in [3.8, 4) is 0 Å². The topological polar surface area (TPSA) is 75.6 Å². The quantitative estimate of drug-likeness (QED) is 0.774. The largest absolute Gasteiger partial charge is 0.481 e. The minimum atomic E-state index is -0.898. The second-order valence-electron chi connectivity index (χ2n) is 5.88. The van der Waals surface area contributed by atoms with Crippen molar-refractivity contribution in [1.29, 1.82) is 0 Å². The number of carbonyl (C=O) groups is 2. The molecule has 2 N–H and O–H groups in total. The number of carboxylic acid groups (broad SMARTS) is 1. The van der Waals surface area contributed by atoms with Gasteiger partial charge in [0.25, 0.3) is 0 Å². The van der Waals surface area contributed by atoms with E-state index in [4.69, 9.17) is 9.84 Å². The lowest BCUT2D eigenvalue weighted by atomic mass is 9.85. The number of hydrogen-bond donors (Lipinski definition) is 2. The molecular formula is C14H25NO4. The summed E-state index contributed by atoms with van der Waals surface area (Å²) in [6, 6.07) is 0. The Morgan fingerprint density at radius 1 is 1.42 bits per heavy atom. The first kappa shape index (κ1) is 16.0. The Kier molecular flexibility index (Phi) is 5.79. The minimum Gasteiger partial charge on any atom is -0.481 e. The van der Waals surface area contributed by atoms with Gasteiger partial charge in [-0.3, -0.25) is 9.59 Å². The molecule has 0 aromatic rings. The van der Waals surface area contributed by atoms with E-state index >= 15 is 0 Å². The highest BCUT2D eigenvalue weighted by Crippen LogP contribution is 2.22. The van der Waals surface area contributed by atoms with E-state index in [9.17, 15) is 9.59 Å². The number of carbonyl (C=O) groups excluding carboxylic acids is 1. The maximum Gasteiger partial charge on any atom is 0.305 e. The Morgan fingerprint density at radius 2 is 2.11 bits per heavy atom. The lowest BCUT2D eigenvalue weighted by Gasteiger charge is -2.34. The van der Waals surface area contributed by atoms with Gasteiger partial charge in [0.05, 0.1) is 18.9 Å². The fraction of sp³-hybridized carbons (Fsp3) is 0.857. The Labute approximate surface area is 114 Å². The van der Waals surface area contributed by atoms with E-state index in [0.717, 1.165) is 19.3 Å². The maximum absolute atomic E-state index is 12.0. The predicted molar refractivity (Wildman–Crippen MR) is 71.8 cm³/mol. The van der Waals surface area contributed by atoms with Gasteiger partial charge in [-0.2, -0.15) is 0 Å². The second kappa shape index (κ2) is 6.89. The molecule has 0 aromatic carbocycles. The van der Waals surface area contributed by atoms with Gasteiger partial charge in [-0.05, 0) is 32.1 Å². The van der Waals surface area contributed by atoms with Crippen LogP contribution in [0, 0.1) is 5.92 Å². The summed E-state index contributed by atoms with van der Waals surface area (Å²) in [5.74, 6) is -0.963. The van der Waals surface area contributed by atoms with Crippen LogP contribution in [0.2, 0.25) is 0 Å². The third kappa shape index (κ3) is 5.19. The molecule has 1 heterocycles. The standard InChI is InChI=1S/C14H25NO4/c1-10(2)14(3,9-13(17)18)15-12(16)8-11-6-4-5-7-19-11/h10-11H,4-9H2,1-3H3,(H,15,16)(H,17,18). The lowest BCUT2D eigenvalue weighted by Crippen LogP contribution is -2.52. The molecule has 5 heteroatoms. The van der Waals surface area contributed by atoms with Crippen LogP contribution in [0.5, 0.6) is 0 Å². The summed E-state index contributed by atoms with van der Waals surface area (Å²) >= 11 is 0. The normalized spacial score (nSPS) is 22.8. The van der Waals surface area contributed by atoms with Gasteiger partial charge < -0.3 is 15.2 Å². The molecule has 0 aromatic heterocycles. The lowest BCUT2D eigenvalue weighted by molar-refractivity contribution is -0.139. The van der Waals surface area contributed by atoms with Crippen LogP contribution in [-0.4, -0.2) is 35.2 Å². The highest BCUT2D eigenvalue weighted by Gasteiger charge is 2.33. The average molecular weight is 271 g/mol. The molecule has 19 heavy (non-hydrogen) atoms. The molecule has 1 fully saturated rings. The number of aliphatic carboxylic acids is 1. The molecule has 0 saturated carbocycles. The van der Waals surface area contributed by atoms with Gasteiger partial charge in [0, 0.05) is 12.1 Å². The van der Waals surface area contributed by atoms with Crippen LogP contribution in [-0.2, 0) is 14.3 Å². The number of rotatable bonds is 6. The first-order valence-electron chi connectivity index (χ1n) is 6.98. The van der Waals surface area contributed by atoms with Crippen molar-refractivity contribution in [2.75, 3.05) is 6.61 Å². The van der Waals surface area contributed by atoms with Gasteiger partial charge in [-0.15, -0.1) is 0 Å². The zero-order chi connectivity index (χ0) is 14.5. The van der Waals surface area contributed by atoms with E-state index < -0.39 is 11.5 Å². The summed E-state index contributed by atoms with van der Waals surface area (Å²) in [7, 11) is 0. The monoisotopic (exact) mass is 271 g/mol. The zero-order valence-corrected chi connectivity index (χ0v) is 12.1. The van der Waals surface area contributed by atoms with Gasteiger partial charge in [0.2, 0.25) is 5.91 Å². The van der Waals surface area contributed by atoms with Crippen molar-refractivity contribution in [3.05, 3.63) is 0 Å². The van der Waals surface area contributed by atoms with Gasteiger partial charge in [0.1, 0.15) is 0 Å². The fourth-order valence-corrected chi connectivity index (χ4v) is 2.25.